The molecule has 0 saturated heterocycles. The highest BCUT2D eigenvalue weighted by Gasteiger charge is 2.78. The van der Waals surface area contributed by atoms with Crippen molar-refractivity contribution in [1.29, 1.82) is 0 Å². The van der Waals surface area contributed by atoms with Crippen molar-refractivity contribution in [2.75, 3.05) is 5.32 Å². The zero-order valence-electron chi connectivity index (χ0n) is 15.3. The molecule has 3 aromatic rings. The van der Waals surface area contributed by atoms with Crippen molar-refractivity contribution in [3.05, 3.63) is 101 Å². The van der Waals surface area contributed by atoms with Crippen LogP contribution in [0.25, 0.3) is 0 Å². The highest BCUT2D eigenvalue weighted by atomic mass is 19.1. The number of rotatable bonds is 4. The van der Waals surface area contributed by atoms with Crippen molar-refractivity contribution >= 4 is 23.2 Å². The molecule has 142 valence electrons. The van der Waals surface area contributed by atoms with E-state index >= 15 is 0 Å². The molecule has 1 amide bonds. The van der Waals surface area contributed by atoms with Gasteiger partial charge in [-0.25, -0.2) is 4.39 Å². The lowest BCUT2D eigenvalue weighted by atomic mass is 9.90. The fourth-order valence-electron chi connectivity index (χ4n) is 4.60. The first-order chi connectivity index (χ1) is 14.0. The van der Waals surface area contributed by atoms with E-state index in [9.17, 15) is 18.8 Å². The van der Waals surface area contributed by atoms with Gasteiger partial charge in [-0.05, 0) is 23.8 Å². The summed E-state index contributed by atoms with van der Waals surface area (Å²) in [6.45, 7) is 0. The zero-order valence-corrected chi connectivity index (χ0v) is 15.3. The molecule has 1 heterocycles. The molecule has 1 aliphatic heterocycles. The number of hydrogen-bond acceptors (Lipinski definition) is 3. The Bertz CT molecular complexity index is 1100. The number of benzene rings is 3. The molecule has 0 radical (unpaired) electrons. The highest BCUT2D eigenvalue weighted by Crippen LogP contribution is 2.66. The lowest BCUT2D eigenvalue weighted by Crippen LogP contribution is -2.26. The molecule has 3 aromatic carbocycles. The zero-order chi connectivity index (χ0) is 20.2. The Labute approximate surface area is 166 Å². The Morgan fingerprint density at radius 3 is 1.83 bits per heavy atom. The maximum absolute atomic E-state index is 14.1. The van der Waals surface area contributed by atoms with Gasteiger partial charge in [0.05, 0.1) is 17.3 Å². The van der Waals surface area contributed by atoms with Crippen LogP contribution in [0.5, 0.6) is 0 Å². The van der Waals surface area contributed by atoms with Crippen LogP contribution in [-0.4, -0.2) is 17.5 Å². The molecule has 4 nitrogen and oxygen atoms in total. The molecule has 1 saturated carbocycles. The van der Waals surface area contributed by atoms with E-state index in [2.05, 4.69) is 5.32 Å². The molecule has 0 aromatic heterocycles. The Morgan fingerprint density at radius 2 is 1.31 bits per heavy atom. The normalized spacial score (nSPS) is 24.1. The van der Waals surface area contributed by atoms with Gasteiger partial charge in [-0.1, -0.05) is 60.7 Å². The van der Waals surface area contributed by atoms with Crippen molar-refractivity contribution in [3.63, 3.8) is 0 Å². The number of halogens is 1. The molecule has 2 unspecified atom stereocenters. The monoisotopic (exact) mass is 385 g/mol. The topological polar surface area (TPSA) is 63.2 Å². The van der Waals surface area contributed by atoms with Crippen LogP contribution in [0.1, 0.15) is 26.3 Å². The second-order valence-corrected chi connectivity index (χ2v) is 7.43. The fourth-order valence-corrected chi connectivity index (χ4v) is 4.60. The van der Waals surface area contributed by atoms with E-state index in [1.165, 1.54) is 18.2 Å². The van der Waals surface area contributed by atoms with E-state index in [4.69, 9.17) is 0 Å². The number of carbonyl (C=O) groups excluding carboxylic acids is 3. The number of hydrogen-bond donors (Lipinski definition) is 1. The maximum Gasteiger partial charge on any atom is 0.236 e. The van der Waals surface area contributed by atoms with E-state index in [1.54, 1.807) is 60.7 Å². The third kappa shape index (κ3) is 2.40. The first-order valence-corrected chi connectivity index (χ1v) is 9.35. The number of amides is 1. The van der Waals surface area contributed by atoms with Crippen molar-refractivity contribution in [3.8, 4) is 0 Å². The summed E-state index contributed by atoms with van der Waals surface area (Å²) in [5.41, 5.74) is 0.310. The van der Waals surface area contributed by atoms with Gasteiger partial charge < -0.3 is 5.32 Å². The molecule has 1 spiro atoms. The fraction of sp³-hybridized carbons (Fsp3) is 0.125. The molecule has 1 fully saturated rings. The molecule has 1 N–H and O–H groups in total. The van der Waals surface area contributed by atoms with Crippen molar-refractivity contribution in [2.24, 2.45) is 11.8 Å². The average molecular weight is 385 g/mol. The van der Waals surface area contributed by atoms with Gasteiger partial charge in [0.1, 0.15) is 5.82 Å². The number of Topliss-reactive ketones (excluding diaryl/α,β-unsaturated/α-hetero) is 2. The van der Waals surface area contributed by atoms with Crippen molar-refractivity contribution in [2.45, 2.75) is 5.41 Å². The molecule has 2 aliphatic rings. The van der Waals surface area contributed by atoms with Crippen molar-refractivity contribution < 1.29 is 18.8 Å². The summed E-state index contributed by atoms with van der Waals surface area (Å²) in [4.78, 5) is 39.7. The van der Waals surface area contributed by atoms with Crippen LogP contribution in [0.15, 0.2) is 78.9 Å². The Morgan fingerprint density at radius 1 is 0.793 bits per heavy atom. The van der Waals surface area contributed by atoms with E-state index in [0.717, 1.165) is 0 Å². The van der Waals surface area contributed by atoms with Gasteiger partial charge in [0.25, 0.3) is 0 Å². The maximum atomic E-state index is 14.1. The molecular weight excluding hydrogens is 369 g/mol. The van der Waals surface area contributed by atoms with Crippen LogP contribution in [-0.2, 0) is 10.2 Å². The number of anilines is 1. The van der Waals surface area contributed by atoms with Gasteiger partial charge in [-0.2, -0.15) is 0 Å². The van der Waals surface area contributed by atoms with E-state index < -0.39 is 29.0 Å². The summed E-state index contributed by atoms with van der Waals surface area (Å²) in [5.74, 6) is -3.26. The van der Waals surface area contributed by atoms with Crippen LogP contribution < -0.4 is 5.32 Å². The van der Waals surface area contributed by atoms with Gasteiger partial charge in [-0.3, -0.25) is 14.4 Å². The molecule has 0 bridgehead atoms. The number of nitrogens with one attached hydrogen (secondary N) is 1. The quantitative estimate of drug-likeness (QED) is 0.690. The van der Waals surface area contributed by atoms with Crippen LogP contribution in [0.4, 0.5) is 10.1 Å². The Hall–Kier alpha value is -3.60. The molecule has 5 rings (SSSR count). The standard InChI is InChI=1S/C24H16FNO3/c25-16-11-12-18-17(13-16)24(23(29)26-18)19(21(27)14-7-3-1-4-8-14)20(24)22(28)15-9-5-2-6-10-15/h1-13,19-20H,(H,26,29). The second kappa shape index (κ2) is 6.21. The number of carbonyl (C=O) groups is 3. The average Bonchev–Trinajstić information content (AvgIpc) is 3.38. The lowest BCUT2D eigenvalue weighted by molar-refractivity contribution is -0.118. The third-order valence-electron chi connectivity index (χ3n) is 5.94. The molecule has 2 atom stereocenters. The SMILES string of the molecule is O=C(c1ccccc1)C1C(C(=O)c2ccccc2)C12C(=O)Nc1ccc(F)cc12. The minimum atomic E-state index is -1.38. The summed E-state index contributed by atoms with van der Waals surface area (Å²) >= 11 is 0. The smallest absolute Gasteiger partial charge is 0.236 e. The number of ketones is 2. The van der Waals surface area contributed by atoms with Crippen LogP contribution in [0.2, 0.25) is 0 Å². The summed E-state index contributed by atoms with van der Waals surface area (Å²) < 4.78 is 14.1. The van der Waals surface area contributed by atoms with Gasteiger partial charge in [-0.15, -0.1) is 0 Å². The highest BCUT2D eigenvalue weighted by molar-refractivity contribution is 6.22. The van der Waals surface area contributed by atoms with Crippen LogP contribution in [0.3, 0.4) is 0 Å². The first kappa shape index (κ1) is 17.5. The summed E-state index contributed by atoms with van der Waals surface area (Å²) in [6, 6.07) is 21.2. The Balaban J connectivity index is 1.66. The van der Waals surface area contributed by atoms with Crippen molar-refractivity contribution in [1.82, 2.24) is 0 Å². The van der Waals surface area contributed by atoms with Gasteiger partial charge in [0.15, 0.2) is 11.6 Å². The predicted molar refractivity (Wildman–Crippen MR) is 105 cm³/mol. The van der Waals surface area contributed by atoms with E-state index in [-0.39, 0.29) is 11.6 Å². The summed E-state index contributed by atoms with van der Waals surface area (Å²) in [7, 11) is 0. The number of fused-ring (bicyclic) bond motifs is 2. The summed E-state index contributed by atoms with van der Waals surface area (Å²) in [5, 5.41) is 2.74. The predicted octanol–water partition coefficient (Wildman–Crippen LogP) is 4.03. The van der Waals surface area contributed by atoms with Gasteiger partial charge in [0, 0.05) is 16.8 Å². The summed E-state index contributed by atoms with van der Waals surface area (Å²) in [6.07, 6.45) is 0. The van der Waals surface area contributed by atoms with Crippen LogP contribution >= 0.6 is 0 Å². The minimum Gasteiger partial charge on any atom is -0.325 e. The van der Waals surface area contributed by atoms with Gasteiger partial charge in [0.2, 0.25) is 5.91 Å². The van der Waals surface area contributed by atoms with E-state index in [1.807, 2.05) is 0 Å². The molecule has 1 aliphatic carbocycles. The molecule has 5 heteroatoms. The molecule has 29 heavy (non-hydrogen) atoms. The first-order valence-electron chi connectivity index (χ1n) is 9.35. The Kier molecular flexibility index (Phi) is 3.74. The second-order valence-electron chi connectivity index (χ2n) is 7.43. The van der Waals surface area contributed by atoms with Crippen LogP contribution in [0, 0.1) is 17.7 Å². The molecular formula is C24H16FNO3. The minimum absolute atomic E-state index is 0.285. The largest absolute Gasteiger partial charge is 0.325 e. The van der Waals surface area contributed by atoms with Gasteiger partial charge >= 0.3 is 0 Å². The third-order valence-corrected chi connectivity index (χ3v) is 5.94. The lowest BCUT2D eigenvalue weighted by Gasteiger charge is -2.09. The van der Waals surface area contributed by atoms with E-state index in [0.29, 0.717) is 22.4 Å².